The molecule has 4 nitrogen and oxygen atoms in total. The molecule has 0 saturated carbocycles. The number of hydrogen-bond donors (Lipinski definition) is 1. The third-order valence-corrected chi connectivity index (χ3v) is 3.95. The van der Waals surface area contributed by atoms with Gasteiger partial charge in [-0.3, -0.25) is 4.68 Å². The molecule has 94 valence electrons. The highest BCUT2D eigenvalue weighted by Gasteiger charge is 2.23. The van der Waals surface area contributed by atoms with Crippen LogP contribution < -0.4 is 5.32 Å². The van der Waals surface area contributed by atoms with Crippen molar-refractivity contribution in [1.82, 2.24) is 15.1 Å². The van der Waals surface area contributed by atoms with Gasteiger partial charge >= 0.3 is 0 Å². The molecule has 0 amide bonds. The first-order chi connectivity index (χ1) is 8.45. The second kappa shape index (κ2) is 5.19. The largest absolute Gasteiger partial charge is 0.381 e. The lowest BCUT2D eigenvalue weighted by Crippen LogP contribution is -2.31. The van der Waals surface area contributed by atoms with Crippen LogP contribution in [0.2, 0.25) is 0 Å². The molecule has 2 aliphatic rings. The molecule has 1 N–H and O–H groups in total. The van der Waals surface area contributed by atoms with Crippen molar-refractivity contribution in [2.75, 3.05) is 26.3 Å². The van der Waals surface area contributed by atoms with Gasteiger partial charge in [0.25, 0.3) is 0 Å². The van der Waals surface area contributed by atoms with E-state index in [0.29, 0.717) is 12.0 Å². The van der Waals surface area contributed by atoms with Crippen LogP contribution >= 0.6 is 0 Å². The summed E-state index contributed by atoms with van der Waals surface area (Å²) in [5, 5.41) is 8.04. The number of rotatable bonds is 2. The van der Waals surface area contributed by atoms with Gasteiger partial charge in [0.2, 0.25) is 0 Å². The molecule has 0 radical (unpaired) electrons. The Morgan fingerprint density at radius 3 is 2.94 bits per heavy atom. The van der Waals surface area contributed by atoms with Gasteiger partial charge in [0, 0.05) is 37.6 Å². The molecule has 4 heteroatoms. The van der Waals surface area contributed by atoms with Crippen molar-refractivity contribution >= 4 is 0 Å². The van der Waals surface area contributed by atoms with Crippen molar-refractivity contribution in [1.29, 1.82) is 0 Å². The van der Waals surface area contributed by atoms with Crippen LogP contribution in [0.25, 0.3) is 0 Å². The lowest BCUT2D eigenvalue weighted by Gasteiger charge is -2.28. The topological polar surface area (TPSA) is 39.1 Å². The molecule has 1 aromatic rings. The molecular weight excluding hydrogens is 214 g/mol. The van der Waals surface area contributed by atoms with Crippen molar-refractivity contribution in [3.05, 3.63) is 18.0 Å². The average Bonchev–Trinajstić information content (AvgIpc) is 2.90. The predicted octanol–water partition coefficient (Wildman–Crippen LogP) is 1.70. The minimum Gasteiger partial charge on any atom is -0.381 e. The highest BCUT2D eigenvalue weighted by molar-refractivity contribution is 5.11. The van der Waals surface area contributed by atoms with E-state index in [1.165, 1.54) is 25.1 Å². The van der Waals surface area contributed by atoms with Crippen LogP contribution in [0.1, 0.15) is 43.3 Å². The van der Waals surface area contributed by atoms with E-state index < -0.39 is 0 Å². The predicted molar refractivity (Wildman–Crippen MR) is 66.2 cm³/mol. The van der Waals surface area contributed by atoms with E-state index in [4.69, 9.17) is 4.74 Å². The highest BCUT2D eigenvalue weighted by Crippen LogP contribution is 2.28. The van der Waals surface area contributed by atoms with Crippen LogP contribution in [0.15, 0.2) is 12.3 Å². The monoisotopic (exact) mass is 235 g/mol. The van der Waals surface area contributed by atoms with Crippen molar-refractivity contribution in [3.8, 4) is 0 Å². The van der Waals surface area contributed by atoms with E-state index in [9.17, 15) is 0 Å². The minimum absolute atomic E-state index is 0.552. The van der Waals surface area contributed by atoms with Crippen molar-refractivity contribution < 1.29 is 4.74 Å². The molecule has 0 aromatic carbocycles. The van der Waals surface area contributed by atoms with E-state index in [-0.39, 0.29) is 0 Å². The molecule has 0 unspecified atom stereocenters. The van der Waals surface area contributed by atoms with Gasteiger partial charge in [0.05, 0.1) is 6.04 Å². The van der Waals surface area contributed by atoms with E-state index in [1.807, 2.05) is 6.20 Å². The van der Waals surface area contributed by atoms with Crippen LogP contribution in [0.3, 0.4) is 0 Å². The van der Waals surface area contributed by atoms with Crippen LogP contribution in [0.5, 0.6) is 0 Å². The summed E-state index contributed by atoms with van der Waals surface area (Å²) in [5.74, 6) is 0.647. The zero-order valence-electron chi connectivity index (χ0n) is 10.3. The zero-order chi connectivity index (χ0) is 11.5. The second-order valence-electron chi connectivity index (χ2n) is 5.09. The van der Waals surface area contributed by atoms with E-state index in [1.54, 1.807) is 0 Å². The summed E-state index contributed by atoms with van der Waals surface area (Å²) in [6, 6.07) is 2.75. The van der Waals surface area contributed by atoms with Gasteiger partial charge in [0.1, 0.15) is 0 Å². The first-order valence-corrected chi connectivity index (χ1v) is 6.77. The molecule has 1 aromatic heterocycles. The summed E-state index contributed by atoms with van der Waals surface area (Å²) in [4.78, 5) is 0. The average molecular weight is 235 g/mol. The lowest BCUT2D eigenvalue weighted by atomic mass is 9.95. The fourth-order valence-electron chi connectivity index (χ4n) is 2.99. The molecule has 1 atom stereocenters. The van der Waals surface area contributed by atoms with Gasteiger partial charge in [-0.15, -0.1) is 0 Å². The summed E-state index contributed by atoms with van der Waals surface area (Å²) < 4.78 is 7.69. The first-order valence-electron chi connectivity index (χ1n) is 6.77. The molecule has 17 heavy (non-hydrogen) atoms. The Bertz CT molecular complexity index is 319. The van der Waals surface area contributed by atoms with Crippen molar-refractivity contribution in [2.24, 2.45) is 0 Å². The number of nitrogens with zero attached hydrogens (tertiary/aromatic N) is 2. The van der Waals surface area contributed by atoms with Crippen molar-refractivity contribution in [2.45, 2.75) is 37.6 Å². The van der Waals surface area contributed by atoms with Crippen LogP contribution in [0.4, 0.5) is 0 Å². The summed E-state index contributed by atoms with van der Waals surface area (Å²) in [7, 11) is 0. The summed E-state index contributed by atoms with van der Waals surface area (Å²) in [6.07, 6.45) is 6.74. The molecule has 2 saturated heterocycles. The Morgan fingerprint density at radius 1 is 1.29 bits per heavy atom. The van der Waals surface area contributed by atoms with Crippen molar-refractivity contribution in [3.63, 3.8) is 0 Å². The van der Waals surface area contributed by atoms with Gasteiger partial charge in [0.15, 0.2) is 0 Å². The molecule has 2 aliphatic heterocycles. The number of ether oxygens (including phenoxy) is 1. The van der Waals surface area contributed by atoms with E-state index >= 15 is 0 Å². The number of piperidine rings is 1. The number of hydrogen-bond acceptors (Lipinski definition) is 3. The van der Waals surface area contributed by atoms with Gasteiger partial charge in [-0.05, 0) is 38.3 Å². The molecule has 0 bridgehead atoms. The molecular formula is C13H21N3O. The maximum absolute atomic E-state index is 5.43. The van der Waals surface area contributed by atoms with Crippen LogP contribution in [-0.4, -0.2) is 36.1 Å². The molecule has 0 spiro atoms. The third kappa shape index (κ3) is 2.38. The Labute approximate surface area is 102 Å². The van der Waals surface area contributed by atoms with Gasteiger partial charge in [-0.25, -0.2) is 0 Å². The summed E-state index contributed by atoms with van der Waals surface area (Å²) in [6.45, 7) is 4.04. The SMILES string of the molecule is c1cc([C@@H]2CCCNC2)n(C2CCOCC2)n1. The Kier molecular flexibility index (Phi) is 3.43. The number of nitrogens with one attached hydrogen (secondary N) is 1. The summed E-state index contributed by atoms with van der Waals surface area (Å²) >= 11 is 0. The zero-order valence-corrected chi connectivity index (χ0v) is 10.3. The molecule has 2 fully saturated rings. The first kappa shape index (κ1) is 11.2. The maximum Gasteiger partial charge on any atom is 0.0566 e. The van der Waals surface area contributed by atoms with E-state index in [0.717, 1.165) is 32.6 Å². The van der Waals surface area contributed by atoms with Gasteiger partial charge < -0.3 is 10.1 Å². The quantitative estimate of drug-likeness (QED) is 0.848. The van der Waals surface area contributed by atoms with Crippen LogP contribution in [0, 0.1) is 0 Å². The number of aromatic nitrogens is 2. The lowest BCUT2D eigenvalue weighted by molar-refractivity contribution is 0.0649. The Morgan fingerprint density at radius 2 is 2.18 bits per heavy atom. The third-order valence-electron chi connectivity index (χ3n) is 3.95. The molecule has 3 heterocycles. The fourth-order valence-corrected chi connectivity index (χ4v) is 2.99. The fraction of sp³-hybridized carbons (Fsp3) is 0.769. The molecule has 3 rings (SSSR count). The smallest absolute Gasteiger partial charge is 0.0566 e. The normalized spacial score (nSPS) is 27.2. The Hall–Kier alpha value is -0.870. The maximum atomic E-state index is 5.43. The highest BCUT2D eigenvalue weighted by atomic mass is 16.5. The van der Waals surface area contributed by atoms with E-state index in [2.05, 4.69) is 21.2 Å². The minimum atomic E-state index is 0.552. The summed E-state index contributed by atoms with van der Waals surface area (Å²) in [5.41, 5.74) is 1.42. The van der Waals surface area contributed by atoms with Gasteiger partial charge in [-0.1, -0.05) is 0 Å². The molecule has 0 aliphatic carbocycles. The van der Waals surface area contributed by atoms with Gasteiger partial charge in [-0.2, -0.15) is 5.10 Å². The van der Waals surface area contributed by atoms with Crippen LogP contribution in [-0.2, 0) is 4.74 Å². The second-order valence-corrected chi connectivity index (χ2v) is 5.09. The standard InChI is InChI=1S/C13H21N3O/c1-2-11(10-14-6-1)13-3-7-15-16(13)12-4-8-17-9-5-12/h3,7,11-12,14H,1-2,4-6,8-10H2/t11-/m1/s1. The Balaban J connectivity index is 1.77.